The number of thiazole rings is 1. The second-order valence-electron chi connectivity index (χ2n) is 11.7. The van der Waals surface area contributed by atoms with Gasteiger partial charge in [0.1, 0.15) is 22.7 Å². The van der Waals surface area contributed by atoms with Gasteiger partial charge >= 0.3 is 24.4 Å². The lowest BCUT2D eigenvalue weighted by Crippen LogP contribution is -2.38. The summed E-state index contributed by atoms with van der Waals surface area (Å²) in [6, 6.07) is 9.13. The number of hydrogen-bond donors (Lipinski definition) is 0. The maximum absolute atomic E-state index is 13.6. The molecule has 0 spiro atoms. The Kier molecular flexibility index (Phi) is 9.41. The molecule has 0 saturated carbocycles. The number of hydrogen-bond acceptors (Lipinski definition) is 9. The van der Waals surface area contributed by atoms with Crippen LogP contribution in [0.2, 0.25) is 0 Å². The Bertz CT molecular complexity index is 1890. The van der Waals surface area contributed by atoms with E-state index in [9.17, 15) is 35.9 Å². The lowest BCUT2D eigenvalue weighted by molar-refractivity contribution is -0.143. The maximum Gasteiger partial charge on any atom is 0.416 e. The van der Waals surface area contributed by atoms with Gasteiger partial charge < -0.3 is 19.1 Å². The van der Waals surface area contributed by atoms with Crippen LogP contribution in [-0.4, -0.2) is 59.8 Å². The first-order valence-corrected chi connectivity index (χ1v) is 16.4. The summed E-state index contributed by atoms with van der Waals surface area (Å²) in [4.78, 5) is 38.1. The van der Waals surface area contributed by atoms with E-state index in [2.05, 4.69) is 4.98 Å². The molecule has 2 aromatic carbocycles. The fourth-order valence-corrected chi connectivity index (χ4v) is 6.58. The molecule has 2 aliphatic heterocycles. The summed E-state index contributed by atoms with van der Waals surface area (Å²) < 4.78 is 98.0. The van der Waals surface area contributed by atoms with Crippen molar-refractivity contribution in [2.45, 2.75) is 51.3 Å². The first-order chi connectivity index (χ1) is 23.7. The van der Waals surface area contributed by atoms with E-state index >= 15 is 0 Å². The van der Waals surface area contributed by atoms with Crippen molar-refractivity contribution < 1.29 is 50.1 Å². The molecule has 264 valence electrons. The number of nitrogens with zero attached hydrogens (tertiary/aromatic N) is 4. The van der Waals surface area contributed by atoms with Gasteiger partial charge in [0.2, 0.25) is 0 Å². The van der Waals surface area contributed by atoms with Crippen molar-refractivity contribution in [2.24, 2.45) is 0 Å². The zero-order valence-electron chi connectivity index (χ0n) is 26.9. The van der Waals surface area contributed by atoms with E-state index in [1.165, 1.54) is 30.3 Å². The van der Waals surface area contributed by atoms with Gasteiger partial charge in [0.05, 0.1) is 43.1 Å². The summed E-state index contributed by atoms with van der Waals surface area (Å²) in [6.07, 6.45) is -11.5. The van der Waals surface area contributed by atoms with Crippen LogP contribution >= 0.6 is 11.3 Å². The number of halogens is 6. The van der Waals surface area contributed by atoms with Crippen molar-refractivity contribution in [3.8, 4) is 27.4 Å². The second kappa shape index (κ2) is 13.5. The van der Waals surface area contributed by atoms with Crippen LogP contribution in [0.15, 0.2) is 53.9 Å². The van der Waals surface area contributed by atoms with E-state index in [1.807, 2.05) is 17.0 Å². The maximum atomic E-state index is 13.6. The van der Waals surface area contributed by atoms with Crippen LogP contribution in [0, 0.1) is 0 Å². The normalized spacial score (nSPS) is 17.8. The van der Waals surface area contributed by atoms with Gasteiger partial charge in [-0.1, -0.05) is 0 Å². The van der Waals surface area contributed by atoms with E-state index in [-0.39, 0.29) is 24.9 Å². The van der Waals surface area contributed by atoms with Crippen LogP contribution in [0.25, 0.3) is 21.7 Å². The number of rotatable bonds is 9. The van der Waals surface area contributed by atoms with Gasteiger partial charge in [0, 0.05) is 35.2 Å². The molecular weight excluding hydrogens is 690 g/mol. The topological polar surface area (TPSA) is 94.1 Å². The molecule has 1 amide bonds. The number of carbonyl (C=O) groups is 2. The van der Waals surface area contributed by atoms with Gasteiger partial charge in [-0.25, -0.2) is 19.6 Å². The number of anilines is 1. The number of ether oxygens (including phenoxy) is 3. The quantitative estimate of drug-likeness (QED) is 0.126. The summed E-state index contributed by atoms with van der Waals surface area (Å²) in [6.45, 7) is 4.72. The molecule has 2 aliphatic rings. The number of aromatic nitrogens is 2. The average molecular weight is 721 g/mol. The van der Waals surface area contributed by atoms with Gasteiger partial charge in [-0.2, -0.15) is 26.3 Å². The Balaban J connectivity index is 1.38. The minimum Gasteiger partial charge on any atom is -0.496 e. The smallest absolute Gasteiger partial charge is 0.416 e. The zero-order chi connectivity index (χ0) is 36.0. The zero-order valence-corrected chi connectivity index (χ0v) is 27.7. The SMILES string of the molecule is CCOC(=O)c1csc(-c2ccc(OC)c(-c3ccc(N4CCC4)nc3CN3C(=O)O[C@H](c4cc(C(F)(F)F)cc(C(F)(F)F)c4)[C@@H]3C)c2)n1. The predicted molar refractivity (Wildman–Crippen MR) is 171 cm³/mol. The van der Waals surface area contributed by atoms with Crippen molar-refractivity contribution in [1.29, 1.82) is 0 Å². The van der Waals surface area contributed by atoms with Crippen LogP contribution in [0.1, 0.15) is 59.2 Å². The summed E-state index contributed by atoms with van der Waals surface area (Å²) in [5, 5.41) is 2.12. The lowest BCUT2D eigenvalue weighted by atomic mass is 9.97. The van der Waals surface area contributed by atoms with E-state index in [0.717, 1.165) is 19.5 Å². The molecular formula is C34H30F6N4O5S. The Hall–Kier alpha value is -4.86. The highest BCUT2D eigenvalue weighted by Gasteiger charge is 2.43. The second-order valence-corrected chi connectivity index (χ2v) is 12.5. The molecule has 16 heteroatoms. The van der Waals surface area contributed by atoms with Crippen LogP contribution in [0.3, 0.4) is 0 Å². The molecule has 4 aromatic rings. The van der Waals surface area contributed by atoms with E-state index < -0.39 is 53.3 Å². The first-order valence-electron chi connectivity index (χ1n) is 15.5. The lowest BCUT2D eigenvalue weighted by Gasteiger charge is -2.33. The van der Waals surface area contributed by atoms with E-state index in [1.54, 1.807) is 30.5 Å². The van der Waals surface area contributed by atoms with Crippen molar-refractivity contribution in [1.82, 2.24) is 14.9 Å². The molecule has 0 N–H and O–H groups in total. The highest BCUT2D eigenvalue weighted by Crippen LogP contribution is 2.43. The molecule has 9 nitrogen and oxygen atoms in total. The Labute approximate surface area is 286 Å². The van der Waals surface area contributed by atoms with Gasteiger partial charge in [0.15, 0.2) is 5.69 Å². The molecule has 2 fully saturated rings. The standard InChI is InChI=1S/C34H30F6N4O5S/c1-4-48-31(45)26-17-50-30(42-26)19-6-8-27(47-3)24(14-19)23-7-9-28(43-10-5-11-43)41-25(23)16-44-18(2)29(49-32(44)46)20-12-21(33(35,36)37)15-22(13-20)34(38,39)40/h6-9,12-15,17-18,29H,4-5,10-11,16H2,1-3H3/t18-,29-/m0/s1. The number of benzene rings is 2. The number of pyridine rings is 1. The van der Waals surface area contributed by atoms with Crippen LogP contribution in [0.4, 0.5) is 37.0 Å². The Morgan fingerprint density at radius 1 is 0.980 bits per heavy atom. The van der Waals surface area contributed by atoms with Crippen LogP contribution in [0.5, 0.6) is 5.75 Å². The minimum atomic E-state index is -5.07. The monoisotopic (exact) mass is 720 g/mol. The van der Waals surface area contributed by atoms with Crippen molar-refractivity contribution in [3.63, 3.8) is 0 Å². The number of methoxy groups -OCH3 is 1. The third kappa shape index (κ3) is 6.93. The molecule has 6 rings (SSSR count). The summed E-state index contributed by atoms with van der Waals surface area (Å²) in [5.74, 6) is 0.532. The molecule has 0 bridgehead atoms. The number of cyclic esters (lactones) is 1. The molecule has 4 heterocycles. The average Bonchev–Trinajstić information content (AvgIpc) is 3.64. The molecule has 2 saturated heterocycles. The predicted octanol–water partition coefficient (Wildman–Crippen LogP) is 8.39. The minimum absolute atomic E-state index is 0.0328. The largest absolute Gasteiger partial charge is 0.496 e. The number of amides is 1. The van der Waals surface area contributed by atoms with Gasteiger partial charge in [0.25, 0.3) is 0 Å². The third-order valence-corrected chi connectivity index (χ3v) is 9.41. The molecule has 2 aromatic heterocycles. The Morgan fingerprint density at radius 3 is 2.28 bits per heavy atom. The third-order valence-electron chi connectivity index (χ3n) is 8.52. The molecule has 0 radical (unpaired) electrons. The number of esters is 1. The van der Waals surface area contributed by atoms with Crippen molar-refractivity contribution in [3.05, 3.63) is 82.0 Å². The van der Waals surface area contributed by atoms with Crippen molar-refractivity contribution >= 4 is 29.2 Å². The van der Waals surface area contributed by atoms with Gasteiger partial charge in [-0.05, 0) is 74.4 Å². The highest BCUT2D eigenvalue weighted by atomic mass is 32.1. The molecule has 50 heavy (non-hydrogen) atoms. The summed E-state index contributed by atoms with van der Waals surface area (Å²) in [5.41, 5.74) is -1.12. The van der Waals surface area contributed by atoms with Gasteiger partial charge in [-0.15, -0.1) is 11.3 Å². The molecule has 2 atom stereocenters. The van der Waals surface area contributed by atoms with E-state index in [4.69, 9.17) is 19.2 Å². The molecule has 0 aliphatic carbocycles. The van der Waals surface area contributed by atoms with E-state index in [0.29, 0.717) is 51.1 Å². The first kappa shape index (κ1) is 35.0. The highest BCUT2D eigenvalue weighted by molar-refractivity contribution is 7.13. The molecule has 0 unspecified atom stereocenters. The number of carbonyl (C=O) groups excluding carboxylic acids is 2. The summed E-state index contributed by atoms with van der Waals surface area (Å²) in [7, 11) is 1.48. The number of alkyl halides is 6. The fraction of sp³-hybridized carbons (Fsp3) is 0.353. The van der Waals surface area contributed by atoms with Crippen LogP contribution in [-0.2, 0) is 28.4 Å². The Morgan fingerprint density at radius 2 is 1.68 bits per heavy atom. The summed E-state index contributed by atoms with van der Waals surface area (Å²) >= 11 is 1.24. The van der Waals surface area contributed by atoms with Crippen LogP contribution < -0.4 is 9.64 Å². The fourth-order valence-electron chi connectivity index (χ4n) is 5.80. The van der Waals surface area contributed by atoms with Crippen molar-refractivity contribution in [2.75, 3.05) is 31.7 Å². The van der Waals surface area contributed by atoms with Gasteiger partial charge in [-0.3, -0.25) is 4.90 Å².